The molecule has 1 aromatic carbocycles. The average molecular weight is 226 g/mol. The van der Waals surface area contributed by atoms with Crippen molar-refractivity contribution in [2.24, 2.45) is 5.41 Å². The standard InChI is InChI=1S/C16H18O/c1-16(13-17)11-5-8-15(12-16)10-9-14-6-3-2-4-7-14/h2-4,6-7,9-10,12-13H,5,8,11H2,1H3/b10-9+. The molecule has 1 aromatic rings. The average Bonchev–Trinajstić information content (AvgIpc) is 2.38. The van der Waals surface area contributed by atoms with Gasteiger partial charge in [-0.25, -0.2) is 0 Å². The Balaban J connectivity index is 2.14. The van der Waals surface area contributed by atoms with Crippen LogP contribution in [0.15, 0.2) is 48.1 Å². The molecule has 1 unspecified atom stereocenters. The first kappa shape index (κ1) is 11.8. The highest BCUT2D eigenvalue weighted by Gasteiger charge is 2.23. The van der Waals surface area contributed by atoms with E-state index in [4.69, 9.17) is 0 Å². The van der Waals surface area contributed by atoms with E-state index in [2.05, 4.69) is 30.4 Å². The molecule has 17 heavy (non-hydrogen) atoms. The first-order valence-corrected chi connectivity index (χ1v) is 6.13. The number of benzene rings is 1. The van der Waals surface area contributed by atoms with Crippen LogP contribution in [0.4, 0.5) is 0 Å². The van der Waals surface area contributed by atoms with Gasteiger partial charge in [0.2, 0.25) is 0 Å². The van der Waals surface area contributed by atoms with Crippen LogP contribution in [0.25, 0.3) is 6.08 Å². The van der Waals surface area contributed by atoms with E-state index in [0.29, 0.717) is 0 Å². The summed E-state index contributed by atoms with van der Waals surface area (Å²) in [5.74, 6) is 0. The lowest BCUT2D eigenvalue weighted by Gasteiger charge is -2.24. The second-order valence-corrected chi connectivity index (χ2v) is 4.94. The highest BCUT2D eigenvalue weighted by atomic mass is 16.1. The van der Waals surface area contributed by atoms with Crippen LogP contribution < -0.4 is 0 Å². The number of aldehydes is 1. The molecule has 0 spiro atoms. The number of hydrogen-bond donors (Lipinski definition) is 0. The lowest BCUT2D eigenvalue weighted by Crippen LogP contribution is -2.18. The van der Waals surface area contributed by atoms with E-state index >= 15 is 0 Å². The fraction of sp³-hybridized carbons (Fsp3) is 0.312. The van der Waals surface area contributed by atoms with E-state index in [1.807, 2.05) is 25.1 Å². The van der Waals surface area contributed by atoms with E-state index in [1.54, 1.807) is 0 Å². The summed E-state index contributed by atoms with van der Waals surface area (Å²) < 4.78 is 0. The summed E-state index contributed by atoms with van der Waals surface area (Å²) in [5, 5.41) is 0. The minimum atomic E-state index is -0.255. The van der Waals surface area contributed by atoms with E-state index in [0.717, 1.165) is 25.5 Å². The van der Waals surface area contributed by atoms with Crippen molar-refractivity contribution in [1.82, 2.24) is 0 Å². The van der Waals surface area contributed by atoms with Gasteiger partial charge in [-0.2, -0.15) is 0 Å². The molecule has 0 N–H and O–H groups in total. The molecule has 0 bridgehead atoms. The Morgan fingerprint density at radius 2 is 1.94 bits per heavy atom. The zero-order valence-corrected chi connectivity index (χ0v) is 10.2. The fourth-order valence-electron chi connectivity index (χ4n) is 2.23. The lowest BCUT2D eigenvalue weighted by atomic mass is 9.79. The molecule has 0 radical (unpaired) electrons. The van der Waals surface area contributed by atoms with Crippen molar-refractivity contribution < 1.29 is 4.79 Å². The molecule has 0 aliphatic heterocycles. The predicted octanol–water partition coefficient (Wildman–Crippen LogP) is 4.02. The van der Waals surface area contributed by atoms with Crippen LogP contribution in [0.1, 0.15) is 31.7 Å². The van der Waals surface area contributed by atoms with Gasteiger partial charge in [0.05, 0.1) is 0 Å². The predicted molar refractivity (Wildman–Crippen MR) is 71.6 cm³/mol. The maximum atomic E-state index is 11.0. The molecule has 1 heteroatoms. The van der Waals surface area contributed by atoms with Crippen LogP contribution in [0, 0.1) is 5.41 Å². The quantitative estimate of drug-likeness (QED) is 0.711. The molecule has 1 aliphatic rings. The first-order valence-electron chi connectivity index (χ1n) is 6.13. The molecule has 0 aromatic heterocycles. The number of hydrogen-bond acceptors (Lipinski definition) is 1. The summed E-state index contributed by atoms with van der Waals surface area (Å²) in [6.07, 6.45) is 10.6. The Morgan fingerprint density at radius 3 is 2.65 bits per heavy atom. The highest BCUT2D eigenvalue weighted by molar-refractivity contribution is 5.64. The molecule has 0 amide bonds. The Labute approximate surface area is 103 Å². The maximum absolute atomic E-state index is 11.0. The van der Waals surface area contributed by atoms with Crippen molar-refractivity contribution in [3.63, 3.8) is 0 Å². The van der Waals surface area contributed by atoms with Crippen LogP contribution in [-0.2, 0) is 4.79 Å². The van der Waals surface area contributed by atoms with Crippen LogP contribution in [0.3, 0.4) is 0 Å². The van der Waals surface area contributed by atoms with Crippen molar-refractivity contribution in [3.8, 4) is 0 Å². The zero-order chi connectivity index (χ0) is 12.1. The van der Waals surface area contributed by atoms with Crippen LogP contribution in [-0.4, -0.2) is 6.29 Å². The van der Waals surface area contributed by atoms with Gasteiger partial charge in [-0.05, 0) is 31.7 Å². The molecule has 0 saturated heterocycles. The summed E-state index contributed by atoms with van der Waals surface area (Å²) in [4.78, 5) is 11.0. The molecule has 0 fully saturated rings. The van der Waals surface area contributed by atoms with Gasteiger partial charge in [0.25, 0.3) is 0 Å². The minimum absolute atomic E-state index is 0.255. The number of rotatable bonds is 3. The molecular formula is C16H18O. The molecule has 0 saturated carbocycles. The minimum Gasteiger partial charge on any atom is -0.302 e. The Hall–Kier alpha value is -1.63. The summed E-state index contributed by atoms with van der Waals surface area (Å²) in [5.41, 5.74) is 2.22. The fourth-order valence-corrected chi connectivity index (χ4v) is 2.23. The zero-order valence-electron chi connectivity index (χ0n) is 10.2. The van der Waals surface area contributed by atoms with Gasteiger partial charge >= 0.3 is 0 Å². The second kappa shape index (κ2) is 5.13. The summed E-state index contributed by atoms with van der Waals surface area (Å²) >= 11 is 0. The van der Waals surface area contributed by atoms with Crippen LogP contribution in [0.2, 0.25) is 0 Å². The topological polar surface area (TPSA) is 17.1 Å². The number of carbonyl (C=O) groups is 1. The Morgan fingerprint density at radius 1 is 1.18 bits per heavy atom. The Bertz CT molecular complexity index is 442. The normalized spacial score (nSPS) is 24.6. The van der Waals surface area contributed by atoms with Gasteiger partial charge < -0.3 is 4.79 Å². The van der Waals surface area contributed by atoms with Crippen molar-refractivity contribution >= 4 is 12.4 Å². The Kier molecular flexibility index (Phi) is 3.58. The maximum Gasteiger partial charge on any atom is 0.129 e. The third kappa shape index (κ3) is 3.16. The van der Waals surface area contributed by atoms with E-state index in [9.17, 15) is 4.79 Å². The van der Waals surface area contributed by atoms with Crippen molar-refractivity contribution in [3.05, 3.63) is 53.6 Å². The van der Waals surface area contributed by atoms with Gasteiger partial charge in [-0.15, -0.1) is 0 Å². The van der Waals surface area contributed by atoms with Crippen molar-refractivity contribution in [2.75, 3.05) is 0 Å². The monoisotopic (exact) mass is 226 g/mol. The molecular weight excluding hydrogens is 208 g/mol. The molecule has 1 aliphatic carbocycles. The molecule has 0 heterocycles. The first-order chi connectivity index (χ1) is 8.22. The van der Waals surface area contributed by atoms with Gasteiger partial charge in [0.1, 0.15) is 6.29 Å². The lowest BCUT2D eigenvalue weighted by molar-refractivity contribution is -0.113. The van der Waals surface area contributed by atoms with Crippen molar-refractivity contribution in [2.45, 2.75) is 26.2 Å². The molecule has 1 nitrogen and oxygen atoms in total. The second-order valence-electron chi connectivity index (χ2n) is 4.94. The van der Waals surface area contributed by atoms with E-state index in [-0.39, 0.29) is 5.41 Å². The van der Waals surface area contributed by atoms with E-state index in [1.165, 1.54) is 11.1 Å². The van der Waals surface area contributed by atoms with Gasteiger partial charge in [-0.1, -0.05) is 54.1 Å². The third-order valence-corrected chi connectivity index (χ3v) is 3.25. The summed E-state index contributed by atoms with van der Waals surface area (Å²) in [6.45, 7) is 2.01. The van der Waals surface area contributed by atoms with Crippen molar-refractivity contribution in [1.29, 1.82) is 0 Å². The SMILES string of the molecule is CC1(C=O)C=C(/C=C/c2ccccc2)CCC1. The number of carbonyl (C=O) groups excluding carboxylic acids is 1. The summed E-state index contributed by atoms with van der Waals surface area (Å²) in [6, 6.07) is 10.2. The summed E-state index contributed by atoms with van der Waals surface area (Å²) in [7, 11) is 0. The highest BCUT2D eigenvalue weighted by Crippen LogP contribution is 2.32. The number of allylic oxidation sites excluding steroid dienone is 3. The largest absolute Gasteiger partial charge is 0.302 e. The van der Waals surface area contributed by atoms with Gasteiger partial charge in [0, 0.05) is 5.41 Å². The molecule has 88 valence electrons. The van der Waals surface area contributed by atoms with Crippen LogP contribution in [0.5, 0.6) is 0 Å². The van der Waals surface area contributed by atoms with E-state index < -0.39 is 0 Å². The van der Waals surface area contributed by atoms with Crippen LogP contribution >= 0.6 is 0 Å². The smallest absolute Gasteiger partial charge is 0.129 e. The van der Waals surface area contributed by atoms with Gasteiger partial charge in [-0.3, -0.25) is 0 Å². The molecule has 1 atom stereocenters. The molecule has 2 rings (SSSR count). The van der Waals surface area contributed by atoms with Gasteiger partial charge in [0.15, 0.2) is 0 Å². The third-order valence-electron chi connectivity index (χ3n) is 3.25.